The van der Waals surface area contributed by atoms with Gasteiger partial charge in [0.2, 0.25) is 0 Å². The van der Waals surface area contributed by atoms with Crippen molar-refractivity contribution in [3.05, 3.63) is 30.1 Å². The molecule has 0 aromatic heterocycles. The molecule has 0 saturated carbocycles. The van der Waals surface area contributed by atoms with Gasteiger partial charge in [-0.15, -0.1) is 0 Å². The van der Waals surface area contributed by atoms with Gasteiger partial charge in [0.1, 0.15) is 5.82 Å². The number of thioether (sulfide) groups is 1. The molecule has 102 valence electrons. The van der Waals surface area contributed by atoms with Crippen molar-refractivity contribution in [2.75, 3.05) is 37.5 Å². The van der Waals surface area contributed by atoms with Crippen LogP contribution in [-0.2, 0) is 0 Å². The van der Waals surface area contributed by atoms with Gasteiger partial charge < -0.3 is 10.2 Å². The molecular formula is C14H23FN2S. The van der Waals surface area contributed by atoms with Crippen LogP contribution >= 0.6 is 11.8 Å². The third kappa shape index (κ3) is 5.27. The highest BCUT2D eigenvalue weighted by molar-refractivity contribution is 7.98. The van der Waals surface area contributed by atoms with E-state index in [1.165, 1.54) is 24.3 Å². The van der Waals surface area contributed by atoms with E-state index in [1.807, 2.05) is 11.8 Å². The third-order valence-corrected chi connectivity index (χ3v) is 3.81. The van der Waals surface area contributed by atoms with Crippen LogP contribution in [0.2, 0.25) is 0 Å². The van der Waals surface area contributed by atoms with Crippen molar-refractivity contribution in [1.29, 1.82) is 0 Å². The number of anilines is 1. The zero-order valence-corrected chi connectivity index (χ0v) is 12.3. The molecule has 1 N–H and O–H groups in total. The lowest BCUT2D eigenvalue weighted by atomic mass is 10.2. The maximum atomic E-state index is 12.7. The van der Waals surface area contributed by atoms with Gasteiger partial charge in [0.05, 0.1) is 0 Å². The maximum Gasteiger partial charge on any atom is 0.123 e. The standard InChI is InChI=1S/C14H23FN2S/c1-4-14(11-18-3)17(2)10-9-16-13-7-5-12(15)6-8-13/h5-8,14,16H,4,9-11H2,1-3H3. The molecule has 0 aliphatic carbocycles. The van der Waals surface area contributed by atoms with E-state index in [9.17, 15) is 4.39 Å². The summed E-state index contributed by atoms with van der Waals surface area (Å²) in [6, 6.07) is 7.14. The van der Waals surface area contributed by atoms with Crippen LogP contribution in [0.15, 0.2) is 24.3 Å². The van der Waals surface area contributed by atoms with Crippen molar-refractivity contribution >= 4 is 17.4 Å². The maximum absolute atomic E-state index is 12.7. The van der Waals surface area contributed by atoms with E-state index >= 15 is 0 Å². The summed E-state index contributed by atoms with van der Waals surface area (Å²) in [4.78, 5) is 2.38. The highest BCUT2D eigenvalue weighted by Gasteiger charge is 2.10. The minimum atomic E-state index is -0.191. The predicted molar refractivity (Wildman–Crippen MR) is 80.0 cm³/mol. The van der Waals surface area contributed by atoms with Crippen LogP contribution in [0.25, 0.3) is 0 Å². The number of nitrogens with zero attached hydrogens (tertiary/aromatic N) is 1. The van der Waals surface area contributed by atoms with Gasteiger partial charge in [0.25, 0.3) is 0 Å². The van der Waals surface area contributed by atoms with E-state index in [0.717, 1.165) is 18.8 Å². The van der Waals surface area contributed by atoms with E-state index < -0.39 is 0 Å². The van der Waals surface area contributed by atoms with E-state index in [0.29, 0.717) is 6.04 Å². The second kappa shape index (κ2) is 8.38. The first kappa shape index (κ1) is 15.3. The lowest BCUT2D eigenvalue weighted by molar-refractivity contribution is 0.265. The summed E-state index contributed by atoms with van der Waals surface area (Å²) in [6.07, 6.45) is 3.32. The average Bonchev–Trinajstić information content (AvgIpc) is 2.38. The molecule has 1 unspecified atom stereocenters. The van der Waals surface area contributed by atoms with Crippen molar-refractivity contribution in [3.8, 4) is 0 Å². The van der Waals surface area contributed by atoms with Gasteiger partial charge in [-0.3, -0.25) is 0 Å². The fourth-order valence-corrected chi connectivity index (χ4v) is 2.75. The smallest absolute Gasteiger partial charge is 0.123 e. The van der Waals surface area contributed by atoms with Crippen molar-refractivity contribution in [3.63, 3.8) is 0 Å². The molecule has 0 aliphatic rings. The van der Waals surface area contributed by atoms with Crippen LogP contribution in [0.4, 0.5) is 10.1 Å². The molecule has 0 spiro atoms. The molecule has 1 atom stereocenters. The lowest BCUT2D eigenvalue weighted by Crippen LogP contribution is -2.36. The minimum absolute atomic E-state index is 0.191. The summed E-state index contributed by atoms with van der Waals surface area (Å²) in [5, 5.41) is 3.31. The molecule has 0 heterocycles. The zero-order valence-electron chi connectivity index (χ0n) is 11.4. The molecule has 18 heavy (non-hydrogen) atoms. The first-order valence-electron chi connectivity index (χ1n) is 6.36. The molecule has 4 heteroatoms. The summed E-state index contributed by atoms with van der Waals surface area (Å²) >= 11 is 1.89. The molecule has 0 aliphatic heterocycles. The highest BCUT2D eigenvalue weighted by atomic mass is 32.2. The van der Waals surface area contributed by atoms with E-state index in [1.54, 1.807) is 12.1 Å². The second-order valence-corrected chi connectivity index (χ2v) is 5.34. The first-order valence-corrected chi connectivity index (χ1v) is 7.75. The molecule has 0 amide bonds. The van der Waals surface area contributed by atoms with Gasteiger partial charge in [-0.1, -0.05) is 6.92 Å². The third-order valence-electron chi connectivity index (χ3n) is 3.09. The predicted octanol–water partition coefficient (Wildman–Crippen LogP) is 3.31. The van der Waals surface area contributed by atoms with Crippen LogP contribution in [0.1, 0.15) is 13.3 Å². The van der Waals surface area contributed by atoms with Crippen molar-refractivity contribution in [2.45, 2.75) is 19.4 Å². The number of hydrogen-bond donors (Lipinski definition) is 1. The van der Waals surface area contributed by atoms with Crippen molar-refractivity contribution in [1.82, 2.24) is 4.90 Å². The molecule has 1 aromatic carbocycles. The Morgan fingerprint density at radius 2 is 2.00 bits per heavy atom. The number of benzene rings is 1. The molecule has 0 saturated heterocycles. The van der Waals surface area contributed by atoms with E-state index in [-0.39, 0.29) is 5.82 Å². The summed E-state index contributed by atoms with van der Waals surface area (Å²) in [5.74, 6) is 0.979. The number of rotatable bonds is 8. The second-order valence-electron chi connectivity index (χ2n) is 4.43. The molecule has 1 rings (SSSR count). The monoisotopic (exact) mass is 270 g/mol. The number of likely N-dealkylation sites (N-methyl/N-ethyl adjacent to an activating group) is 1. The molecule has 0 bridgehead atoms. The number of hydrogen-bond acceptors (Lipinski definition) is 3. The van der Waals surface area contributed by atoms with Crippen LogP contribution in [0.5, 0.6) is 0 Å². The molecule has 2 nitrogen and oxygen atoms in total. The van der Waals surface area contributed by atoms with E-state index in [4.69, 9.17) is 0 Å². The van der Waals surface area contributed by atoms with Crippen LogP contribution < -0.4 is 5.32 Å². The Hall–Kier alpha value is -0.740. The van der Waals surface area contributed by atoms with E-state index in [2.05, 4.69) is 30.4 Å². The largest absolute Gasteiger partial charge is 0.384 e. The van der Waals surface area contributed by atoms with Gasteiger partial charge >= 0.3 is 0 Å². The van der Waals surface area contributed by atoms with Gasteiger partial charge in [-0.2, -0.15) is 11.8 Å². The Kier molecular flexibility index (Phi) is 7.13. The van der Waals surface area contributed by atoms with Gasteiger partial charge in [-0.05, 0) is 44.0 Å². The summed E-state index contributed by atoms with van der Waals surface area (Å²) in [5.41, 5.74) is 0.975. The summed E-state index contributed by atoms with van der Waals surface area (Å²) in [6.45, 7) is 4.11. The normalized spacial score (nSPS) is 12.7. The van der Waals surface area contributed by atoms with Gasteiger partial charge in [-0.25, -0.2) is 4.39 Å². The first-order chi connectivity index (χ1) is 8.67. The molecule has 0 fully saturated rings. The Morgan fingerprint density at radius 3 is 2.56 bits per heavy atom. The van der Waals surface area contributed by atoms with Gasteiger partial charge in [0, 0.05) is 30.6 Å². The highest BCUT2D eigenvalue weighted by Crippen LogP contribution is 2.10. The van der Waals surface area contributed by atoms with Crippen molar-refractivity contribution < 1.29 is 4.39 Å². The Bertz CT molecular complexity index is 329. The SMILES string of the molecule is CCC(CSC)N(C)CCNc1ccc(F)cc1. The van der Waals surface area contributed by atoms with Gasteiger partial charge in [0.15, 0.2) is 0 Å². The molecule has 0 radical (unpaired) electrons. The lowest BCUT2D eigenvalue weighted by Gasteiger charge is -2.26. The number of halogens is 1. The van der Waals surface area contributed by atoms with Crippen LogP contribution in [0, 0.1) is 5.82 Å². The summed E-state index contributed by atoms with van der Waals surface area (Å²) in [7, 11) is 2.16. The van der Waals surface area contributed by atoms with Crippen molar-refractivity contribution in [2.24, 2.45) is 0 Å². The Morgan fingerprint density at radius 1 is 1.33 bits per heavy atom. The summed E-state index contributed by atoms with van der Waals surface area (Å²) < 4.78 is 12.7. The minimum Gasteiger partial charge on any atom is -0.384 e. The number of nitrogens with one attached hydrogen (secondary N) is 1. The molecular weight excluding hydrogens is 247 g/mol. The molecule has 1 aromatic rings. The fraction of sp³-hybridized carbons (Fsp3) is 0.571. The Balaban J connectivity index is 2.30. The quantitative estimate of drug-likeness (QED) is 0.780. The fourth-order valence-electron chi connectivity index (χ4n) is 1.88. The average molecular weight is 270 g/mol. The topological polar surface area (TPSA) is 15.3 Å². The van der Waals surface area contributed by atoms with Crippen LogP contribution in [-0.4, -0.2) is 43.1 Å². The zero-order chi connectivity index (χ0) is 13.4. The van der Waals surface area contributed by atoms with Crippen LogP contribution in [0.3, 0.4) is 0 Å². The Labute approximate surface area is 114 Å².